The van der Waals surface area contributed by atoms with Crippen molar-refractivity contribution in [1.82, 2.24) is 5.32 Å². The van der Waals surface area contributed by atoms with Crippen LogP contribution in [0.2, 0.25) is 0 Å². The van der Waals surface area contributed by atoms with Crippen LogP contribution in [0.25, 0.3) is 0 Å². The average Bonchev–Trinajstić information content (AvgIpc) is 3.07. The Bertz CT molecular complexity index is 461. The summed E-state index contributed by atoms with van der Waals surface area (Å²) in [5.74, 6) is -0.736. The van der Waals surface area contributed by atoms with Gasteiger partial charge in [-0.05, 0) is 6.07 Å². The van der Waals surface area contributed by atoms with E-state index in [1.54, 1.807) is 18.2 Å². The van der Waals surface area contributed by atoms with E-state index in [4.69, 9.17) is 0 Å². The monoisotopic (exact) mass is 236 g/mol. The number of phenols is 1. The molecule has 0 unspecified atom stereocenters. The number of para-hydroxylation sites is 1. The van der Waals surface area contributed by atoms with Crippen LogP contribution in [0.3, 0.4) is 0 Å². The molecule has 1 saturated carbocycles. The molecule has 2 N–H and O–H groups in total. The lowest BCUT2D eigenvalue weighted by molar-refractivity contribution is -0.497. The molecule has 1 aliphatic rings. The molecule has 0 heterocycles. The SMILES string of the molecule is O=C(NCc1ccccc1O)[C@@H]1C[C@H]1[N+](=O)[O-]. The minimum atomic E-state index is -0.737. The topological polar surface area (TPSA) is 92.5 Å². The molecule has 0 aliphatic heterocycles. The lowest BCUT2D eigenvalue weighted by Gasteiger charge is -2.05. The van der Waals surface area contributed by atoms with Crippen molar-refractivity contribution in [2.24, 2.45) is 5.92 Å². The predicted molar refractivity (Wildman–Crippen MR) is 58.8 cm³/mol. The van der Waals surface area contributed by atoms with E-state index in [2.05, 4.69) is 5.32 Å². The first kappa shape index (κ1) is 11.4. The van der Waals surface area contributed by atoms with E-state index in [1.807, 2.05) is 0 Å². The number of nitrogens with zero attached hydrogens (tertiary/aromatic N) is 1. The van der Waals surface area contributed by atoms with Gasteiger partial charge in [0.25, 0.3) is 0 Å². The van der Waals surface area contributed by atoms with Crippen LogP contribution >= 0.6 is 0 Å². The molecular weight excluding hydrogens is 224 g/mol. The van der Waals surface area contributed by atoms with Gasteiger partial charge in [-0.15, -0.1) is 0 Å². The standard InChI is InChI=1S/C11H12N2O4/c14-10-4-2-1-3-7(10)6-12-11(15)8-5-9(8)13(16)17/h1-4,8-9,14H,5-6H2,(H,12,15)/t8-,9-/m1/s1. The molecule has 0 spiro atoms. The molecule has 1 aromatic carbocycles. The highest BCUT2D eigenvalue weighted by atomic mass is 16.6. The van der Waals surface area contributed by atoms with Gasteiger partial charge in [0.05, 0.1) is 0 Å². The van der Waals surface area contributed by atoms with Crippen molar-refractivity contribution in [2.45, 2.75) is 19.0 Å². The number of hydrogen-bond acceptors (Lipinski definition) is 4. The fourth-order valence-corrected chi connectivity index (χ4v) is 1.67. The van der Waals surface area contributed by atoms with Crippen LogP contribution in [-0.4, -0.2) is 22.0 Å². The highest BCUT2D eigenvalue weighted by Gasteiger charge is 2.53. The number of carbonyl (C=O) groups excluding carboxylic acids is 1. The van der Waals surface area contributed by atoms with Crippen molar-refractivity contribution in [3.8, 4) is 5.75 Å². The van der Waals surface area contributed by atoms with Crippen LogP contribution < -0.4 is 5.32 Å². The number of hydrogen-bond donors (Lipinski definition) is 2. The van der Waals surface area contributed by atoms with Gasteiger partial charge in [0, 0.05) is 23.5 Å². The zero-order valence-corrected chi connectivity index (χ0v) is 9.00. The van der Waals surface area contributed by atoms with Crippen molar-refractivity contribution in [1.29, 1.82) is 0 Å². The van der Waals surface area contributed by atoms with Crippen molar-refractivity contribution < 1.29 is 14.8 Å². The van der Waals surface area contributed by atoms with Gasteiger partial charge in [-0.1, -0.05) is 18.2 Å². The summed E-state index contributed by atoms with van der Waals surface area (Å²) in [6.45, 7) is 0.187. The molecule has 0 aromatic heterocycles. The first-order valence-electron chi connectivity index (χ1n) is 5.27. The first-order valence-corrected chi connectivity index (χ1v) is 5.27. The zero-order chi connectivity index (χ0) is 12.4. The molecule has 6 heteroatoms. The Labute approximate surface area is 97.4 Å². The molecule has 90 valence electrons. The molecule has 1 amide bonds. The fourth-order valence-electron chi connectivity index (χ4n) is 1.67. The first-order chi connectivity index (χ1) is 8.09. The second-order valence-corrected chi connectivity index (χ2v) is 4.04. The van der Waals surface area contributed by atoms with Crippen LogP contribution in [0, 0.1) is 16.0 Å². The maximum absolute atomic E-state index is 11.5. The van der Waals surface area contributed by atoms with Gasteiger partial charge in [0.2, 0.25) is 11.9 Å². The Balaban J connectivity index is 1.86. The summed E-state index contributed by atoms with van der Waals surface area (Å²) in [5, 5.41) is 22.4. The molecule has 0 saturated heterocycles. The summed E-state index contributed by atoms with van der Waals surface area (Å²) in [4.78, 5) is 21.5. The van der Waals surface area contributed by atoms with E-state index in [1.165, 1.54) is 6.07 Å². The number of carbonyl (C=O) groups is 1. The zero-order valence-electron chi connectivity index (χ0n) is 9.00. The largest absolute Gasteiger partial charge is 0.508 e. The van der Waals surface area contributed by atoms with Gasteiger partial charge >= 0.3 is 0 Å². The molecule has 2 atom stereocenters. The predicted octanol–water partition coefficient (Wildman–Crippen LogP) is 0.674. The smallest absolute Gasteiger partial charge is 0.230 e. The van der Waals surface area contributed by atoms with E-state index in [0.717, 1.165) is 0 Å². The van der Waals surface area contributed by atoms with Crippen LogP contribution in [0.5, 0.6) is 5.75 Å². The van der Waals surface area contributed by atoms with E-state index in [0.29, 0.717) is 12.0 Å². The van der Waals surface area contributed by atoms with E-state index < -0.39 is 16.9 Å². The molecule has 17 heavy (non-hydrogen) atoms. The number of benzene rings is 1. The number of aromatic hydroxyl groups is 1. The average molecular weight is 236 g/mol. The normalized spacial score (nSPS) is 21.9. The van der Waals surface area contributed by atoms with Gasteiger partial charge in [-0.3, -0.25) is 14.9 Å². The number of rotatable bonds is 4. The van der Waals surface area contributed by atoms with Crippen LogP contribution in [-0.2, 0) is 11.3 Å². The molecule has 1 aliphatic carbocycles. The molecule has 6 nitrogen and oxygen atoms in total. The Hall–Kier alpha value is -2.11. The Kier molecular flexibility index (Phi) is 2.95. The van der Waals surface area contributed by atoms with Crippen LogP contribution in [0.15, 0.2) is 24.3 Å². The van der Waals surface area contributed by atoms with Gasteiger partial charge in [0.15, 0.2) is 0 Å². The molecule has 0 radical (unpaired) electrons. The van der Waals surface area contributed by atoms with Gasteiger partial charge in [-0.2, -0.15) is 0 Å². The summed E-state index contributed by atoms with van der Waals surface area (Å²) < 4.78 is 0. The van der Waals surface area contributed by atoms with Crippen molar-refractivity contribution in [3.05, 3.63) is 39.9 Å². The highest BCUT2D eigenvalue weighted by molar-refractivity contribution is 5.82. The van der Waals surface area contributed by atoms with Gasteiger partial charge < -0.3 is 10.4 Å². The second-order valence-electron chi connectivity index (χ2n) is 4.04. The number of phenolic OH excluding ortho intramolecular Hbond substituents is 1. The maximum atomic E-state index is 11.5. The quantitative estimate of drug-likeness (QED) is 0.593. The third-order valence-electron chi connectivity index (χ3n) is 2.81. The van der Waals surface area contributed by atoms with E-state index >= 15 is 0 Å². The molecule has 1 aromatic rings. The Morgan fingerprint density at radius 2 is 2.24 bits per heavy atom. The molecule has 1 fully saturated rings. The summed E-state index contributed by atoms with van der Waals surface area (Å²) in [5.41, 5.74) is 0.596. The number of nitrogens with one attached hydrogen (secondary N) is 1. The second kappa shape index (κ2) is 4.40. The Morgan fingerprint density at radius 1 is 1.53 bits per heavy atom. The minimum absolute atomic E-state index is 0.106. The molecule has 0 bridgehead atoms. The van der Waals surface area contributed by atoms with E-state index in [-0.39, 0.29) is 18.2 Å². The summed E-state index contributed by atoms with van der Waals surface area (Å²) in [7, 11) is 0. The van der Waals surface area contributed by atoms with Crippen molar-refractivity contribution in [2.75, 3.05) is 0 Å². The summed E-state index contributed by atoms with van der Waals surface area (Å²) >= 11 is 0. The van der Waals surface area contributed by atoms with Crippen molar-refractivity contribution in [3.63, 3.8) is 0 Å². The number of amides is 1. The molecule has 2 rings (SSSR count). The summed E-state index contributed by atoms with van der Waals surface area (Å²) in [6.07, 6.45) is 0.305. The lowest BCUT2D eigenvalue weighted by atomic mass is 10.2. The maximum Gasteiger partial charge on any atom is 0.230 e. The minimum Gasteiger partial charge on any atom is -0.508 e. The van der Waals surface area contributed by atoms with Crippen LogP contribution in [0.1, 0.15) is 12.0 Å². The third kappa shape index (κ3) is 2.52. The number of nitro groups is 1. The Morgan fingerprint density at radius 3 is 2.82 bits per heavy atom. The fraction of sp³-hybridized carbons (Fsp3) is 0.364. The van der Waals surface area contributed by atoms with E-state index in [9.17, 15) is 20.0 Å². The third-order valence-corrected chi connectivity index (χ3v) is 2.81. The van der Waals surface area contributed by atoms with Crippen molar-refractivity contribution >= 4 is 5.91 Å². The summed E-state index contributed by atoms with van der Waals surface area (Å²) in [6, 6.07) is 5.91. The van der Waals surface area contributed by atoms with Crippen LogP contribution in [0.4, 0.5) is 0 Å². The van der Waals surface area contributed by atoms with Gasteiger partial charge in [0.1, 0.15) is 11.7 Å². The van der Waals surface area contributed by atoms with Gasteiger partial charge in [-0.25, -0.2) is 0 Å². The lowest BCUT2D eigenvalue weighted by Crippen LogP contribution is -2.26. The highest BCUT2D eigenvalue weighted by Crippen LogP contribution is 2.33. The molecular formula is C11H12N2O4.